The molecule has 56 valence electrons. The first kappa shape index (κ1) is 7.28. The third-order valence-electron chi connectivity index (χ3n) is 1.43. The third kappa shape index (κ3) is 1.19. The van der Waals surface area contributed by atoms with E-state index in [9.17, 15) is 0 Å². The maximum Gasteiger partial charge on any atom is 0.194 e. The van der Waals surface area contributed by atoms with Gasteiger partial charge in [-0.25, -0.2) is 4.98 Å². The molecule has 0 atom stereocenters. The highest BCUT2D eigenvalue weighted by atomic mass is 16.4. The summed E-state index contributed by atoms with van der Waals surface area (Å²) < 4.78 is 5.26. The molecule has 10 heavy (non-hydrogen) atoms. The number of aromatic nitrogens is 1. The Kier molecular flexibility index (Phi) is 2.06. The summed E-state index contributed by atoms with van der Waals surface area (Å²) in [5.41, 5.74) is 6.27. The summed E-state index contributed by atoms with van der Waals surface area (Å²) >= 11 is 0. The Morgan fingerprint density at radius 3 is 2.60 bits per heavy atom. The van der Waals surface area contributed by atoms with Gasteiger partial charge in [-0.05, 0) is 6.92 Å². The molecule has 0 aliphatic heterocycles. The Morgan fingerprint density at radius 1 is 1.60 bits per heavy atom. The van der Waals surface area contributed by atoms with Gasteiger partial charge < -0.3 is 10.2 Å². The molecule has 1 heterocycles. The first-order valence-electron chi connectivity index (χ1n) is 3.43. The lowest BCUT2D eigenvalue weighted by Gasteiger charge is -1.84. The van der Waals surface area contributed by atoms with Gasteiger partial charge in [0.25, 0.3) is 0 Å². The fourth-order valence-electron chi connectivity index (χ4n) is 0.828. The first-order chi connectivity index (χ1) is 4.77. The van der Waals surface area contributed by atoms with Gasteiger partial charge in [-0.15, -0.1) is 0 Å². The minimum atomic E-state index is 0.468. The molecule has 3 nitrogen and oxygen atoms in total. The van der Waals surface area contributed by atoms with E-state index in [0.29, 0.717) is 6.54 Å². The second kappa shape index (κ2) is 2.84. The highest BCUT2D eigenvalue weighted by molar-refractivity contribution is 5.07. The molecule has 3 heteroatoms. The summed E-state index contributed by atoms with van der Waals surface area (Å²) in [4.78, 5) is 4.16. The van der Waals surface area contributed by atoms with E-state index < -0.39 is 0 Å². The van der Waals surface area contributed by atoms with Gasteiger partial charge in [0, 0.05) is 13.0 Å². The van der Waals surface area contributed by atoms with E-state index in [2.05, 4.69) is 4.98 Å². The lowest BCUT2D eigenvalue weighted by atomic mass is 10.4. The van der Waals surface area contributed by atoms with Crippen LogP contribution in [0.4, 0.5) is 0 Å². The van der Waals surface area contributed by atoms with Crippen LogP contribution >= 0.6 is 0 Å². The highest BCUT2D eigenvalue weighted by Crippen LogP contribution is 2.08. The third-order valence-corrected chi connectivity index (χ3v) is 1.43. The molecular formula is C7H12N2O. The van der Waals surface area contributed by atoms with Crippen molar-refractivity contribution < 1.29 is 4.42 Å². The molecule has 1 aromatic rings. The van der Waals surface area contributed by atoms with Crippen molar-refractivity contribution in [2.45, 2.75) is 26.8 Å². The average molecular weight is 140 g/mol. The molecule has 0 saturated heterocycles. The quantitative estimate of drug-likeness (QED) is 0.666. The molecule has 0 saturated carbocycles. The van der Waals surface area contributed by atoms with Crippen molar-refractivity contribution in [1.82, 2.24) is 4.98 Å². The molecular weight excluding hydrogens is 128 g/mol. The Bertz CT molecular complexity index is 217. The number of hydrogen-bond donors (Lipinski definition) is 1. The second-order valence-electron chi connectivity index (χ2n) is 2.17. The first-order valence-corrected chi connectivity index (χ1v) is 3.43. The molecule has 0 aliphatic rings. The lowest BCUT2D eigenvalue weighted by Crippen LogP contribution is -1.98. The topological polar surface area (TPSA) is 52.0 Å². The zero-order chi connectivity index (χ0) is 7.56. The van der Waals surface area contributed by atoms with E-state index in [4.69, 9.17) is 10.2 Å². The van der Waals surface area contributed by atoms with Gasteiger partial charge in [-0.3, -0.25) is 0 Å². The van der Waals surface area contributed by atoms with Crippen molar-refractivity contribution in [2.24, 2.45) is 5.73 Å². The van der Waals surface area contributed by atoms with Crippen molar-refractivity contribution in [3.63, 3.8) is 0 Å². The van der Waals surface area contributed by atoms with E-state index in [1.54, 1.807) is 0 Å². The SMILES string of the molecule is CCc1nc(CN)c(C)o1. The lowest BCUT2D eigenvalue weighted by molar-refractivity contribution is 0.476. The average Bonchev–Trinajstić information content (AvgIpc) is 2.30. The number of oxazole rings is 1. The molecule has 0 unspecified atom stereocenters. The molecule has 0 radical (unpaired) electrons. The standard InChI is InChI=1S/C7H12N2O/c1-3-7-9-6(4-8)5(2)10-7/h3-4,8H2,1-2H3. The van der Waals surface area contributed by atoms with Gasteiger partial charge in [0.1, 0.15) is 5.76 Å². The molecule has 0 aliphatic carbocycles. The van der Waals surface area contributed by atoms with Crippen LogP contribution in [-0.2, 0) is 13.0 Å². The van der Waals surface area contributed by atoms with Gasteiger partial charge in [0.05, 0.1) is 5.69 Å². The van der Waals surface area contributed by atoms with Crippen molar-refractivity contribution in [2.75, 3.05) is 0 Å². The van der Waals surface area contributed by atoms with Gasteiger partial charge in [-0.1, -0.05) is 6.92 Å². The fraction of sp³-hybridized carbons (Fsp3) is 0.571. The Morgan fingerprint density at radius 2 is 2.30 bits per heavy atom. The monoisotopic (exact) mass is 140 g/mol. The smallest absolute Gasteiger partial charge is 0.194 e. The molecule has 1 aromatic heterocycles. The van der Waals surface area contributed by atoms with E-state index in [1.807, 2.05) is 13.8 Å². The van der Waals surface area contributed by atoms with E-state index in [1.165, 1.54) is 0 Å². The Hall–Kier alpha value is -0.830. The molecule has 0 spiro atoms. The summed E-state index contributed by atoms with van der Waals surface area (Å²) in [7, 11) is 0. The van der Waals surface area contributed by atoms with Gasteiger partial charge in [0.2, 0.25) is 0 Å². The number of hydrogen-bond acceptors (Lipinski definition) is 3. The van der Waals surface area contributed by atoms with E-state index in [0.717, 1.165) is 23.8 Å². The summed E-state index contributed by atoms with van der Waals surface area (Å²) in [5.74, 6) is 1.62. The summed E-state index contributed by atoms with van der Waals surface area (Å²) in [5, 5.41) is 0. The van der Waals surface area contributed by atoms with Crippen LogP contribution in [0.1, 0.15) is 24.3 Å². The fourth-order valence-corrected chi connectivity index (χ4v) is 0.828. The molecule has 0 bridgehead atoms. The van der Waals surface area contributed by atoms with Crippen LogP contribution in [0.25, 0.3) is 0 Å². The normalized spacial score (nSPS) is 10.3. The number of nitrogens with two attached hydrogens (primary N) is 1. The minimum Gasteiger partial charge on any atom is -0.446 e. The number of nitrogens with zero attached hydrogens (tertiary/aromatic N) is 1. The maximum absolute atomic E-state index is 5.40. The van der Waals surface area contributed by atoms with Crippen LogP contribution in [0.15, 0.2) is 4.42 Å². The van der Waals surface area contributed by atoms with Crippen molar-refractivity contribution in [3.8, 4) is 0 Å². The van der Waals surface area contributed by atoms with Gasteiger partial charge >= 0.3 is 0 Å². The van der Waals surface area contributed by atoms with Crippen LogP contribution in [0.5, 0.6) is 0 Å². The van der Waals surface area contributed by atoms with Crippen LogP contribution in [-0.4, -0.2) is 4.98 Å². The van der Waals surface area contributed by atoms with Crippen LogP contribution in [0.2, 0.25) is 0 Å². The highest BCUT2D eigenvalue weighted by Gasteiger charge is 2.04. The van der Waals surface area contributed by atoms with Gasteiger partial charge in [-0.2, -0.15) is 0 Å². The van der Waals surface area contributed by atoms with E-state index in [-0.39, 0.29) is 0 Å². The molecule has 2 N–H and O–H groups in total. The van der Waals surface area contributed by atoms with Crippen molar-refractivity contribution in [1.29, 1.82) is 0 Å². The van der Waals surface area contributed by atoms with Crippen LogP contribution < -0.4 is 5.73 Å². The van der Waals surface area contributed by atoms with E-state index >= 15 is 0 Å². The second-order valence-corrected chi connectivity index (χ2v) is 2.17. The maximum atomic E-state index is 5.40. The number of aryl methyl sites for hydroxylation is 2. The predicted octanol–water partition coefficient (Wildman–Crippen LogP) is 1.00. The van der Waals surface area contributed by atoms with Crippen LogP contribution in [0.3, 0.4) is 0 Å². The predicted molar refractivity (Wildman–Crippen MR) is 38.5 cm³/mol. The number of rotatable bonds is 2. The Balaban J connectivity index is 2.92. The molecule has 1 rings (SSSR count). The zero-order valence-electron chi connectivity index (χ0n) is 6.35. The summed E-state index contributed by atoms with van der Waals surface area (Å²) in [6, 6.07) is 0. The van der Waals surface area contributed by atoms with Crippen LogP contribution in [0, 0.1) is 6.92 Å². The Labute approximate surface area is 60.2 Å². The molecule has 0 aromatic carbocycles. The summed E-state index contributed by atoms with van der Waals surface area (Å²) in [6.45, 7) is 4.36. The van der Waals surface area contributed by atoms with Crippen molar-refractivity contribution in [3.05, 3.63) is 17.3 Å². The largest absolute Gasteiger partial charge is 0.446 e. The minimum absolute atomic E-state index is 0.468. The van der Waals surface area contributed by atoms with Crippen molar-refractivity contribution >= 4 is 0 Å². The summed E-state index contributed by atoms with van der Waals surface area (Å²) in [6.07, 6.45) is 0.834. The van der Waals surface area contributed by atoms with Gasteiger partial charge in [0.15, 0.2) is 5.89 Å². The zero-order valence-corrected chi connectivity index (χ0v) is 6.35. The molecule has 0 amide bonds. The molecule has 0 fully saturated rings.